The maximum Gasteiger partial charge on any atom is 0.162 e. The molecule has 10 aromatic rings. The lowest BCUT2D eigenvalue weighted by molar-refractivity contribution is 0.661. The zero-order valence-corrected chi connectivity index (χ0v) is 29.5. The molecule has 0 radical (unpaired) electrons. The highest BCUT2D eigenvalue weighted by Crippen LogP contribution is 2.53. The summed E-state index contributed by atoms with van der Waals surface area (Å²) in [5.41, 5.74) is 14.0. The molecule has 3 aromatic heterocycles. The SMILES string of the molecule is CC1(C)c2ccccc2-c2c1ccc1c2c2ccccc2n1-c1cccc(-c2cc(-n3c4ccccc4c4ccccc43)nc(-c3ccccc3)n2)c1. The number of aromatic nitrogens is 4. The number of hydrogen-bond donors (Lipinski definition) is 0. The number of para-hydroxylation sites is 3. The molecule has 1 aliphatic carbocycles. The first-order valence-corrected chi connectivity index (χ1v) is 18.3. The van der Waals surface area contributed by atoms with E-state index in [2.05, 4.69) is 175 Å². The Hall–Kier alpha value is -6.78. The first-order valence-electron chi connectivity index (χ1n) is 18.3. The lowest BCUT2D eigenvalue weighted by Gasteiger charge is -2.21. The largest absolute Gasteiger partial charge is 0.309 e. The molecular weight excluding hydrogens is 645 g/mol. The molecule has 3 heterocycles. The van der Waals surface area contributed by atoms with E-state index >= 15 is 0 Å². The second-order valence-electron chi connectivity index (χ2n) is 14.6. The minimum Gasteiger partial charge on any atom is -0.309 e. The molecule has 0 aliphatic heterocycles. The zero-order valence-electron chi connectivity index (χ0n) is 29.5. The Morgan fingerprint density at radius 2 is 1.08 bits per heavy atom. The number of fused-ring (bicyclic) bond motifs is 10. The van der Waals surface area contributed by atoms with Gasteiger partial charge in [-0.2, -0.15) is 0 Å². The minimum absolute atomic E-state index is 0.0687. The van der Waals surface area contributed by atoms with Gasteiger partial charge in [0.25, 0.3) is 0 Å². The predicted molar refractivity (Wildman–Crippen MR) is 219 cm³/mol. The van der Waals surface area contributed by atoms with Crippen molar-refractivity contribution >= 4 is 43.6 Å². The van der Waals surface area contributed by atoms with E-state index in [1.165, 1.54) is 54.8 Å². The lowest BCUT2D eigenvalue weighted by atomic mass is 9.82. The van der Waals surface area contributed by atoms with Crippen LogP contribution in [0, 0.1) is 0 Å². The van der Waals surface area contributed by atoms with Crippen molar-refractivity contribution in [2.75, 3.05) is 0 Å². The summed E-state index contributed by atoms with van der Waals surface area (Å²) < 4.78 is 4.70. The summed E-state index contributed by atoms with van der Waals surface area (Å²) in [6.07, 6.45) is 0. The molecule has 4 nitrogen and oxygen atoms in total. The fraction of sp³-hybridized carbons (Fsp3) is 0.0612. The topological polar surface area (TPSA) is 35.6 Å². The van der Waals surface area contributed by atoms with E-state index in [0.717, 1.165) is 39.4 Å². The van der Waals surface area contributed by atoms with Crippen LogP contribution in [0.5, 0.6) is 0 Å². The highest BCUT2D eigenvalue weighted by Gasteiger charge is 2.37. The number of nitrogens with zero attached hydrogens (tertiary/aromatic N) is 4. The monoisotopic (exact) mass is 678 g/mol. The molecule has 7 aromatic carbocycles. The Morgan fingerprint density at radius 1 is 0.453 bits per heavy atom. The van der Waals surface area contributed by atoms with Crippen LogP contribution in [0.15, 0.2) is 170 Å². The van der Waals surface area contributed by atoms with Gasteiger partial charge in [-0.3, -0.25) is 4.57 Å². The lowest BCUT2D eigenvalue weighted by Crippen LogP contribution is -2.14. The first-order chi connectivity index (χ1) is 26.1. The molecule has 0 fully saturated rings. The van der Waals surface area contributed by atoms with Crippen molar-refractivity contribution in [3.05, 3.63) is 181 Å². The number of rotatable bonds is 4. The van der Waals surface area contributed by atoms with Crippen LogP contribution < -0.4 is 0 Å². The van der Waals surface area contributed by atoms with Crippen molar-refractivity contribution in [2.45, 2.75) is 19.3 Å². The number of benzene rings is 7. The Kier molecular flexibility index (Phi) is 6.27. The van der Waals surface area contributed by atoms with Crippen molar-refractivity contribution < 1.29 is 0 Å². The molecular formula is C49H34N4. The van der Waals surface area contributed by atoms with Crippen molar-refractivity contribution in [1.29, 1.82) is 0 Å². The van der Waals surface area contributed by atoms with E-state index in [4.69, 9.17) is 9.97 Å². The van der Waals surface area contributed by atoms with Crippen LogP contribution >= 0.6 is 0 Å². The van der Waals surface area contributed by atoms with Gasteiger partial charge in [0.15, 0.2) is 5.82 Å². The molecule has 0 unspecified atom stereocenters. The van der Waals surface area contributed by atoms with Crippen LogP contribution in [0.1, 0.15) is 25.0 Å². The third-order valence-corrected chi connectivity index (χ3v) is 11.3. The summed E-state index contributed by atoms with van der Waals surface area (Å²) in [6, 6.07) is 60.9. The fourth-order valence-corrected chi connectivity index (χ4v) is 8.92. The molecule has 0 spiro atoms. The van der Waals surface area contributed by atoms with Crippen molar-refractivity contribution in [3.63, 3.8) is 0 Å². The summed E-state index contributed by atoms with van der Waals surface area (Å²) in [5, 5.41) is 4.98. The predicted octanol–water partition coefficient (Wildman–Crippen LogP) is 12.3. The van der Waals surface area contributed by atoms with E-state index < -0.39 is 0 Å². The standard InChI is InChI=1S/C49H34N4/c1-49(2)38-23-10-6-21-36(38)46-39(49)27-28-44-47(46)37-22-9-13-26-43(37)52(44)33-18-14-17-32(29-33)40-30-45(51-48(50-40)31-15-4-3-5-16-31)53-41-24-11-7-19-34(41)35-20-8-12-25-42(35)53/h3-30H,1-2H3. The molecule has 1 aliphatic rings. The molecule has 53 heavy (non-hydrogen) atoms. The van der Waals surface area contributed by atoms with Gasteiger partial charge in [-0.25, -0.2) is 9.97 Å². The van der Waals surface area contributed by atoms with E-state index in [1.807, 2.05) is 18.2 Å². The van der Waals surface area contributed by atoms with Gasteiger partial charge in [-0.1, -0.05) is 141 Å². The average Bonchev–Trinajstić information content (AvgIpc) is 3.81. The van der Waals surface area contributed by atoms with Crippen LogP contribution in [-0.2, 0) is 5.41 Å². The van der Waals surface area contributed by atoms with Gasteiger partial charge in [0.05, 0.1) is 27.8 Å². The molecule has 0 amide bonds. The summed E-state index contributed by atoms with van der Waals surface area (Å²) >= 11 is 0. The van der Waals surface area contributed by atoms with Crippen molar-refractivity contribution in [1.82, 2.24) is 19.1 Å². The van der Waals surface area contributed by atoms with Crippen LogP contribution in [-0.4, -0.2) is 19.1 Å². The zero-order chi connectivity index (χ0) is 35.3. The Balaban J connectivity index is 1.15. The third kappa shape index (κ3) is 4.30. The van der Waals surface area contributed by atoms with Gasteiger partial charge in [-0.05, 0) is 58.7 Å². The maximum atomic E-state index is 5.25. The van der Waals surface area contributed by atoms with E-state index in [9.17, 15) is 0 Å². The van der Waals surface area contributed by atoms with Crippen LogP contribution in [0.4, 0.5) is 0 Å². The van der Waals surface area contributed by atoms with Gasteiger partial charge in [-0.15, -0.1) is 0 Å². The van der Waals surface area contributed by atoms with Gasteiger partial charge in [0.1, 0.15) is 5.82 Å². The second kappa shape index (κ2) is 11.1. The Bertz CT molecular complexity index is 3040. The van der Waals surface area contributed by atoms with E-state index in [0.29, 0.717) is 5.82 Å². The third-order valence-electron chi connectivity index (χ3n) is 11.3. The van der Waals surface area contributed by atoms with Gasteiger partial charge in [0.2, 0.25) is 0 Å². The van der Waals surface area contributed by atoms with Gasteiger partial charge < -0.3 is 4.57 Å². The van der Waals surface area contributed by atoms with Crippen molar-refractivity contribution in [3.8, 4) is 45.3 Å². The number of hydrogen-bond acceptors (Lipinski definition) is 2. The Morgan fingerprint density at radius 3 is 1.83 bits per heavy atom. The first kappa shape index (κ1) is 29.9. The molecule has 250 valence electrons. The van der Waals surface area contributed by atoms with Crippen LogP contribution in [0.2, 0.25) is 0 Å². The quantitative estimate of drug-likeness (QED) is 0.186. The smallest absolute Gasteiger partial charge is 0.162 e. The van der Waals surface area contributed by atoms with Crippen molar-refractivity contribution in [2.24, 2.45) is 0 Å². The molecule has 0 atom stereocenters. The Labute approximate surface area is 307 Å². The van der Waals surface area contributed by atoms with E-state index in [1.54, 1.807) is 0 Å². The average molecular weight is 679 g/mol. The highest BCUT2D eigenvalue weighted by molar-refractivity contribution is 6.18. The molecule has 11 rings (SSSR count). The van der Waals surface area contributed by atoms with Crippen LogP contribution in [0.25, 0.3) is 88.9 Å². The van der Waals surface area contributed by atoms with Crippen LogP contribution in [0.3, 0.4) is 0 Å². The van der Waals surface area contributed by atoms with Gasteiger partial charge >= 0.3 is 0 Å². The summed E-state index contributed by atoms with van der Waals surface area (Å²) in [5.74, 6) is 1.53. The molecule has 0 saturated heterocycles. The summed E-state index contributed by atoms with van der Waals surface area (Å²) in [7, 11) is 0. The summed E-state index contributed by atoms with van der Waals surface area (Å²) in [4.78, 5) is 10.5. The fourth-order valence-electron chi connectivity index (χ4n) is 8.92. The maximum absolute atomic E-state index is 5.25. The molecule has 0 N–H and O–H groups in total. The van der Waals surface area contributed by atoms with Gasteiger partial charge in [0, 0.05) is 49.8 Å². The highest BCUT2D eigenvalue weighted by atomic mass is 15.1. The molecule has 4 heteroatoms. The normalized spacial score (nSPS) is 13.2. The van der Waals surface area contributed by atoms with E-state index in [-0.39, 0.29) is 5.41 Å². The summed E-state index contributed by atoms with van der Waals surface area (Å²) in [6.45, 7) is 4.70. The minimum atomic E-state index is -0.0687. The molecule has 0 saturated carbocycles. The second-order valence-corrected chi connectivity index (χ2v) is 14.6. The molecule has 0 bridgehead atoms.